The third-order valence-corrected chi connectivity index (χ3v) is 3.74. The number of benzene rings is 2. The van der Waals surface area contributed by atoms with E-state index in [1.807, 2.05) is 12.1 Å². The molecule has 0 radical (unpaired) electrons. The number of methoxy groups -OCH3 is 1. The summed E-state index contributed by atoms with van der Waals surface area (Å²) >= 11 is 0. The summed E-state index contributed by atoms with van der Waals surface area (Å²) in [6, 6.07) is 11.9. The standard InChI is InChI=1S/C19H18FN3O2/c1-12(24)23-17-6-5-16(10-18(17)25-2)22-11-14-9-15(20)8-13-4-3-7-21-19(13)14/h3-10,22H,11H2,1-2H3,(H,23,24). The number of nitrogens with one attached hydrogen (secondary N) is 2. The molecule has 0 saturated carbocycles. The molecule has 2 aromatic carbocycles. The molecule has 0 atom stereocenters. The van der Waals surface area contributed by atoms with E-state index in [4.69, 9.17) is 4.74 Å². The van der Waals surface area contributed by atoms with Crippen molar-refractivity contribution in [3.63, 3.8) is 0 Å². The van der Waals surface area contributed by atoms with Crippen LogP contribution in [0.3, 0.4) is 0 Å². The zero-order valence-corrected chi connectivity index (χ0v) is 14.0. The van der Waals surface area contributed by atoms with Crippen LogP contribution < -0.4 is 15.4 Å². The molecule has 128 valence electrons. The first-order chi connectivity index (χ1) is 12.1. The summed E-state index contributed by atoms with van der Waals surface area (Å²) in [4.78, 5) is 15.5. The van der Waals surface area contributed by atoms with E-state index in [9.17, 15) is 9.18 Å². The van der Waals surface area contributed by atoms with E-state index in [0.29, 0.717) is 18.0 Å². The summed E-state index contributed by atoms with van der Waals surface area (Å²) < 4.78 is 19.1. The van der Waals surface area contributed by atoms with Gasteiger partial charge in [0.25, 0.3) is 0 Å². The molecule has 25 heavy (non-hydrogen) atoms. The van der Waals surface area contributed by atoms with Crippen LogP contribution in [0.25, 0.3) is 10.9 Å². The Balaban J connectivity index is 1.83. The Kier molecular flexibility index (Phi) is 4.79. The smallest absolute Gasteiger partial charge is 0.221 e. The van der Waals surface area contributed by atoms with Gasteiger partial charge in [-0.3, -0.25) is 9.78 Å². The van der Waals surface area contributed by atoms with E-state index < -0.39 is 0 Å². The van der Waals surface area contributed by atoms with Crippen LogP contribution in [0.4, 0.5) is 15.8 Å². The number of rotatable bonds is 5. The van der Waals surface area contributed by atoms with E-state index in [0.717, 1.165) is 22.2 Å². The number of halogens is 1. The summed E-state index contributed by atoms with van der Waals surface area (Å²) in [6.07, 6.45) is 1.69. The van der Waals surface area contributed by atoms with Gasteiger partial charge in [-0.15, -0.1) is 0 Å². The summed E-state index contributed by atoms with van der Waals surface area (Å²) in [5.41, 5.74) is 2.91. The maximum Gasteiger partial charge on any atom is 0.221 e. The lowest BCUT2D eigenvalue weighted by molar-refractivity contribution is -0.114. The molecule has 5 nitrogen and oxygen atoms in total. The number of carbonyl (C=O) groups is 1. The van der Waals surface area contributed by atoms with Gasteiger partial charge in [-0.1, -0.05) is 6.07 Å². The van der Waals surface area contributed by atoms with Gasteiger partial charge < -0.3 is 15.4 Å². The number of hydrogen-bond acceptors (Lipinski definition) is 4. The van der Waals surface area contributed by atoms with E-state index in [1.165, 1.54) is 26.2 Å². The minimum Gasteiger partial charge on any atom is -0.494 e. The number of amides is 1. The average molecular weight is 339 g/mol. The zero-order chi connectivity index (χ0) is 17.8. The van der Waals surface area contributed by atoms with E-state index in [2.05, 4.69) is 15.6 Å². The predicted octanol–water partition coefficient (Wildman–Crippen LogP) is 3.95. The Morgan fingerprint density at radius 3 is 2.84 bits per heavy atom. The monoisotopic (exact) mass is 339 g/mol. The van der Waals surface area contributed by atoms with Gasteiger partial charge in [0.1, 0.15) is 11.6 Å². The molecular formula is C19H18FN3O2. The summed E-state index contributed by atoms with van der Waals surface area (Å²) in [6.45, 7) is 1.85. The third kappa shape index (κ3) is 3.85. The number of fused-ring (bicyclic) bond motifs is 1. The highest BCUT2D eigenvalue weighted by molar-refractivity contribution is 5.90. The van der Waals surface area contributed by atoms with Gasteiger partial charge in [-0.05, 0) is 30.3 Å². The van der Waals surface area contributed by atoms with Gasteiger partial charge in [0.2, 0.25) is 5.91 Å². The van der Waals surface area contributed by atoms with Gasteiger partial charge in [-0.2, -0.15) is 0 Å². The zero-order valence-electron chi connectivity index (χ0n) is 14.0. The summed E-state index contributed by atoms with van der Waals surface area (Å²) in [5, 5.41) is 6.70. The number of carbonyl (C=O) groups excluding carboxylic acids is 1. The molecule has 0 aliphatic carbocycles. The van der Waals surface area contributed by atoms with Crippen LogP contribution in [-0.4, -0.2) is 18.0 Å². The molecule has 1 aromatic heterocycles. The number of nitrogens with zero attached hydrogens (tertiary/aromatic N) is 1. The highest BCUT2D eigenvalue weighted by Crippen LogP contribution is 2.28. The normalized spacial score (nSPS) is 10.5. The van der Waals surface area contributed by atoms with Crippen molar-refractivity contribution in [1.82, 2.24) is 4.98 Å². The van der Waals surface area contributed by atoms with Crippen LogP contribution in [0, 0.1) is 5.82 Å². The van der Waals surface area contributed by atoms with E-state index >= 15 is 0 Å². The minimum atomic E-state index is -0.295. The van der Waals surface area contributed by atoms with Crippen molar-refractivity contribution in [3.05, 3.63) is 60.0 Å². The number of pyridine rings is 1. The molecule has 2 N–H and O–H groups in total. The number of hydrogen-bond donors (Lipinski definition) is 2. The Hall–Kier alpha value is -3.15. The molecule has 1 heterocycles. The topological polar surface area (TPSA) is 63.2 Å². The molecular weight excluding hydrogens is 321 g/mol. The van der Waals surface area contributed by atoms with Gasteiger partial charge in [0.15, 0.2) is 0 Å². The second-order valence-corrected chi connectivity index (χ2v) is 5.59. The van der Waals surface area contributed by atoms with Crippen LogP contribution >= 0.6 is 0 Å². The maximum absolute atomic E-state index is 13.8. The van der Waals surface area contributed by atoms with Crippen molar-refractivity contribution >= 4 is 28.2 Å². The minimum absolute atomic E-state index is 0.170. The first kappa shape index (κ1) is 16.7. The first-order valence-electron chi connectivity index (χ1n) is 7.79. The van der Waals surface area contributed by atoms with Gasteiger partial charge in [-0.25, -0.2) is 4.39 Å². The van der Waals surface area contributed by atoms with Crippen molar-refractivity contribution in [1.29, 1.82) is 0 Å². The molecule has 0 bridgehead atoms. The lowest BCUT2D eigenvalue weighted by atomic mass is 10.1. The van der Waals surface area contributed by atoms with E-state index in [1.54, 1.807) is 24.4 Å². The van der Waals surface area contributed by atoms with Crippen LogP contribution in [0.1, 0.15) is 12.5 Å². The Labute approximate surface area is 144 Å². The number of aromatic nitrogens is 1. The quantitative estimate of drug-likeness (QED) is 0.739. The highest BCUT2D eigenvalue weighted by Gasteiger charge is 2.08. The van der Waals surface area contributed by atoms with E-state index in [-0.39, 0.29) is 11.7 Å². The second kappa shape index (κ2) is 7.17. The second-order valence-electron chi connectivity index (χ2n) is 5.59. The Morgan fingerprint density at radius 2 is 2.08 bits per heavy atom. The van der Waals surface area contributed by atoms with Crippen LogP contribution in [0.2, 0.25) is 0 Å². The SMILES string of the molecule is COc1cc(NCc2cc(F)cc3cccnc23)ccc1NC(C)=O. The van der Waals surface area contributed by atoms with Crippen molar-refractivity contribution in [2.45, 2.75) is 13.5 Å². The van der Waals surface area contributed by atoms with Gasteiger partial charge in [0.05, 0.1) is 18.3 Å². The highest BCUT2D eigenvalue weighted by atomic mass is 19.1. The van der Waals surface area contributed by atoms with Crippen molar-refractivity contribution in [3.8, 4) is 5.75 Å². The van der Waals surface area contributed by atoms with Crippen molar-refractivity contribution < 1.29 is 13.9 Å². The van der Waals surface area contributed by atoms with Gasteiger partial charge in [0, 0.05) is 42.4 Å². The summed E-state index contributed by atoms with van der Waals surface area (Å²) in [5.74, 6) is 0.0784. The lowest BCUT2D eigenvalue weighted by Gasteiger charge is -2.13. The van der Waals surface area contributed by atoms with Crippen molar-refractivity contribution in [2.75, 3.05) is 17.7 Å². The molecule has 0 spiro atoms. The lowest BCUT2D eigenvalue weighted by Crippen LogP contribution is -2.08. The first-order valence-corrected chi connectivity index (χ1v) is 7.79. The Bertz CT molecular complexity index is 928. The third-order valence-electron chi connectivity index (χ3n) is 3.74. The fourth-order valence-electron chi connectivity index (χ4n) is 2.65. The number of anilines is 2. The number of ether oxygens (including phenoxy) is 1. The fourth-order valence-corrected chi connectivity index (χ4v) is 2.65. The molecule has 3 aromatic rings. The molecule has 0 unspecified atom stereocenters. The molecule has 1 amide bonds. The molecule has 0 saturated heterocycles. The van der Waals surface area contributed by atoms with Gasteiger partial charge >= 0.3 is 0 Å². The van der Waals surface area contributed by atoms with Crippen LogP contribution in [0.15, 0.2) is 48.7 Å². The molecule has 6 heteroatoms. The summed E-state index contributed by atoms with van der Waals surface area (Å²) in [7, 11) is 1.54. The van der Waals surface area contributed by atoms with Crippen molar-refractivity contribution in [2.24, 2.45) is 0 Å². The molecule has 3 rings (SSSR count). The largest absolute Gasteiger partial charge is 0.494 e. The molecule has 0 aliphatic rings. The molecule has 0 fully saturated rings. The van der Waals surface area contributed by atoms with Crippen LogP contribution in [0.5, 0.6) is 5.75 Å². The predicted molar refractivity (Wildman–Crippen MR) is 96.3 cm³/mol. The molecule has 0 aliphatic heterocycles. The maximum atomic E-state index is 13.8. The van der Waals surface area contributed by atoms with Crippen LogP contribution in [-0.2, 0) is 11.3 Å². The fraction of sp³-hybridized carbons (Fsp3) is 0.158. The Morgan fingerprint density at radius 1 is 1.24 bits per heavy atom. The average Bonchev–Trinajstić information content (AvgIpc) is 2.60.